The SMILES string of the molecule is CCOC(=O)C1CC(c2cc3c(cc2Cl)OCO3)c2cc(C(C)CC)ccc2N1. The first-order valence-electron chi connectivity index (χ1n) is 10.2. The number of carbonyl (C=O) groups excluding carboxylic acids is 1. The van der Waals surface area contributed by atoms with Gasteiger partial charge < -0.3 is 19.5 Å². The molecule has 2 heterocycles. The molecule has 1 N–H and O–H groups in total. The summed E-state index contributed by atoms with van der Waals surface area (Å²) >= 11 is 6.65. The predicted molar refractivity (Wildman–Crippen MR) is 113 cm³/mol. The summed E-state index contributed by atoms with van der Waals surface area (Å²) in [7, 11) is 0. The minimum Gasteiger partial charge on any atom is -0.464 e. The Kier molecular flexibility index (Phi) is 5.59. The van der Waals surface area contributed by atoms with Gasteiger partial charge in [-0.25, -0.2) is 4.79 Å². The summed E-state index contributed by atoms with van der Waals surface area (Å²) in [6.07, 6.45) is 1.63. The zero-order valence-electron chi connectivity index (χ0n) is 17.0. The monoisotopic (exact) mass is 415 g/mol. The van der Waals surface area contributed by atoms with Crippen LogP contribution in [0.25, 0.3) is 0 Å². The molecule has 154 valence electrons. The first-order chi connectivity index (χ1) is 14.0. The fraction of sp³-hybridized carbons (Fsp3) is 0.435. The summed E-state index contributed by atoms with van der Waals surface area (Å²) in [6, 6.07) is 9.76. The van der Waals surface area contributed by atoms with Gasteiger partial charge in [0.05, 0.1) is 6.61 Å². The lowest BCUT2D eigenvalue weighted by Gasteiger charge is -2.33. The maximum Gasteiger partial charge on any atom is 0.328 e. The molecule has 4 rings (SSSR count). The Balaban J connectivity index is 1.80. The zero-order chi connectivity index (χ0) is 20.5. The molecule has 2 aliphatic rings. The third-order valence-corrected chi connectivity index (χ3v) is 6.20. The number of benzene rings is 2. The molecule has 5 nitrogen and oxygen atoms in total. The van der Waals surface area contributed by atoms with E-state index < -0.39 is 6.04 Å². The molecule has 29 heavy (non-hydrogen) atoms. The molecule has 0 saturated heterocycles. The molecular formula is C23H26ClNO4. The second-order valence-corrected chi connectivity index (χ2v) is 8.03. The Labute approximate surface area is 176 Å². The van der Waals surface area contributed by atoms with Crippen LogP contribution in [-0.2, 0) is 9.53 Å². The van der Waals surface area contributed by atoms with Crippen LogP contribution >= 0.6 is 11.6 Å². The van der Waals surface area contributed by atoms with Crippen LogP contribution in [-0.4, -0.2) is 25.4 Å². The number of carbonyl (C=O) groups is 1. The number of halogens is 1. The van der Waals surface area contributed by atoms with Gasteiger partial charge in [0.15, 0.2) is 11.5 Å². The second kappa shape index (κ2) is 8.15. The van der Waals surface area contributed by atoms with E-state index >= 15 is 0 Å². The number of esters is 1. The zero-order valence-corrected chi connectivity index (χ0v) is 17.7. The summed E-state index contributed by atoms with van der Waals surface area (Å²) < 4.78 is 16.3. The lowest BCUT2D eigenvalue weighted by molar-refractivity contribution is -0.144. The number of fused-ring (bicyclic) bond motifs is 2. The van der Waals surface area contributed by atoms with Gasteiger partial charge in [-0.05, 0) is 54.5 Å². The van der Waals surface area contributed by atoms with Crippen molar-refractivity contribution in [3.8, 4) is 11.5 Å². The molecule has 2 aliphatic heterocycles. The minimum absolute atomic E-state index is 0.0494. The summed E-state index contributed by atoms with van der Waals surface area (Å²) in [5.74, 6) is 1.51. The molecule has 6 heteroatoms. The third kappa shape index (κ3) is 3.76. The highest BCUT2D eigenvalue weighted by molar-refractivity contribution is 6.31. The van der Waals surface area contributed by atoms with Crippen molar-refractivity contribution in [2.24, 2.45) is 0 Å². The van der Waals surface area contributed by atoms with Gasteiger partial charge in [0, 0.05) is 22.7 Å². The van der Waals surface area contributed by atoms with Crippen molar-refractivity contribution in [1.29, 1.82) is 0 Å². The molecule has 0 aromatic heterocycles. The van der Waals surface area contributed by atoms with E-state index in [2.05, 4.69) is 37.4 Å². The number of nitrogens with one attached hydrogen (secondary N) is 1. The van der Waals surface area contributed by atoms with Crippen LogP contribution in [0.2, 0.25) is 5.02 Å². The van der Waals surface area contributed by atoms with Crippen LogP contribution < -0.4 is 14.8 Å². The molecule has 2 aromatic rings. The molecule has 0 bridgehead atoms. The molecule has 2 aromatic carbocycles. The van der Waals surface area contributed by atoms with Crippen molar-refractivity contribution < 1.29 is 19.0 Å². The summed E-state index contributed by atoms with van der Waals surface area (Å²) in [5.41, 5.74) is 4.31. The van der Waals surface area contributed by atoms with Gasteiger partial charge in [-0.1, -0.05) is 37.6 Å². The lowest BCUT2D eigenvalue weighted by atomic mass is 9.80. The fourth-order valence-corrected chi connectivity index (χ4v) is 4.33. The molecule has 0 aliphatic carbocycles. The Morgan fingerprint density at radius 3 is 2.69 bits per heavy atom. The van der Waals surface area contributed by atoms with Gasteiger partial charge in [0.1, 0.15) is 6.04 Å². The van der Waals surface area contributed by atoms with Gasteiger partial charge >= 0.3 is 5.97 Å². The van der Waals surface area contributed by atoms with Crippen LogP contribution in [0.15, 0.2) is 30.3 Å². The standard InChI is InChI=1S/C23H26ClNO4/c1-4-13(3)14-6-7-19-17(8-14)15(9-20(25-19)23(26)27-5-2)16-10-21-22(11-18(16)24)29-12-28-21/h6-8,10-11,13,15,20,25H,4-5,9,12H2,1-3H3. The smallest absolute Gasteiger partial charge is 0.328 e. The molecule has 0 saturated carbocycles. The quantitative estimate of drug-likeness (QED) is 0.657. The highest BCUT2D eigenvalue weighted by Gasteiger charge is 2.35. The van der Waals surface area contributed by atoms with Crippen LogP contribution in [0.1, 0.15) is 62.1 Å². The van der Waals surface area contributed by atoms with E-state index in [0.717, 1.165) is 23.2 Å². The molecule has 0 amide bonds. The number of anilines is 1. The van der Waals surface area contributed by atoms with Crippen molar-refractivity contribution in [2.75, 3.05) is 18.7 Å². The maximum atomic E-state index is 12.5. The normalized spacial score (nSPS) is 20.6. The average molecular weight is 416 g/mol. The summed E-state index contributed by atoms with van der Waals surface area (Å²) in [5, 5.41) is 3.98. The van der Waals surface area contributed by atoms with Crippen LogP contribution in [0.5, 0.6) is 11.5 Å². The molecule has 3 unspecified atom stereocenters. The topological polar surface area (TPSA) is 56.8 Å². The van der Waals surface area contributed by atoms with E-state index in [1.54, 1.807) is 6.07 Å². The van der Waals surface area contributed by atoms with E-state index in [1.807, 2.05) is 13.0 Å². The molecule has 0 fully saturated rings. The van der Waals surface area contributed by atoms with Crippen molar-refractivity contribution in [2.45, 2.75) is 51.5 Å². The van der Waals surface area contributed by atoms with E-state index in [0.29, 0.717) is 35.5 Å². The van der Waals surface area contributed by atoms with Crippen molar-refractivity contribution >= 4 is 23.3 Å². The molecule has 3 atom stereocenters. The third-order valence-electron chi connectivity index (χ3n) is 5.87. The average Bonchev–Trinajstić information content (AvgIpc) is 3.18. The highest BCUT2D eigenvalue weighted by atomic mass is 35.5. The summed E-state index contributed by atoms with van der Waals surface area (Å²) in [4.78, 5) is 12.5. The van der Waals surface area contributed by atoms with E-state index in [1.165, 1.54) is 5.56 Å². The van der Waals surface area contributed by atoms with Gasteiger partial charge in [-0.15, -0.1) is 0 Å². The second-order valence-electron chi connectivity index (χ2n) is 7.62. The Morgan fingerprint density at radius 1 is 1.21 bits per heavy atom. The molecule has 0 spiro atoms. The maximum absolute atomic E-state index is 12.5. The molecular weight excluding hydrogens is 390 g/mol. The Morgan fingerprint density at radius 2 is 1.97 bits per heavy atom. The van der Waals surface area contributed by atoms with Gasteiger partial charge in [-0.3, -0.25) is 0 Å². The van der Waals surface area contributed by atoms with Crippen molar-refractivity contribution in [1.82, 2.24) is 0 Å². The molecule has 0 radical (unpaired) electrons. The lowest BCUT2D eigenvalue weighted by Crippen LogP contribution is -2.37. The Bertz CT molecular complexity index is 929. The van der Waals surface area contributed by atoms with Gasteiger partial charge in [0.2, 0.25) is 6.79 Å². The first-order valence-corrected chi connectivity index (χ1v) is 10.6. The predicted octanol–water partition coefficient (Wildman–Crippen LogP) is 5.46. The number of hydrogen-bond donors (Lipinski definition) is 1. The number of ether oxygens (including phenoxy) is 3. The van der Waals surface area contributed by atoms with E-state index in [4.69, 9.17) is 25.8 Å². The largest absolute Gasteiger partial charge is 0.464 e. The number of hydrogen-bond acceptors (Lipinski definition) is 5. The van der Waals surface area contributed by atoms with Crippen molar-refractivity contribution in [3.05, 3.63) is 52.0 Å². The minimum atomic E-state index is -0.427. The first kappa shape index (κ1) is 19.9. The fourth-order valence-electron chi connectivity index (χ4n) is 4.04. The van der Waals surface area contributed by atoms with E-state index in [-0.39, 0.29) is 18.7 Å². The number of rotatable bonds is 5. The van der Waals surface area contributed by atoms with Crippen molar-refractivity contribution in [3.63, 3.8) is 0 Å². The highest BCUT2D eigenvalue weighted by Crippen LogP contribution is 2.46. The van der Waals surface area contributed by atoms with Gasteiger partial charge in [0.25, 0.3) is 0 Å². The summed E-state index contributed by atoms with van der Waals surface area (Å²) in [6.45, 7) is 6.78. The van der Waals surface area contributed by atoms with Crippen LogP contribution in [0, 0.1) is 0 Å². The van der Waals surface area contributed by atoms with E-state index in [9.17, 15) is 4.79 Å². The van der Waals surface area contributed by atoms with Gasteiger partial charge in [-0.2, -0.15) is 0 Å². The Hall–Kier alpha value is -2.40. The van der Waals surface area contributed by atoms with Crippen LogP contribution in [0.3, 0.4) is 0 Å². The van der Waals surface area contributed by atoms with Crippen LogP contribution in [0.4, 0.5) is 5.69 Å².